The zero-order chi connectivity index (χ0) is 20.8. The third-order valence-electron chi connectivity index (χ3n) is 6.07. The van der Waals surface area contributed by atoms with Crippen molar-refractivity contribution in [3.8, 4) is 5.13 Å². The van der Waals surface area contributed by atoms with Crippen LogP contribution in [-0.4, -0.2) is 38.0 Å². The van der Waals surface area contributed by atoms with Crippen molar-refractivity contribution in [3.63, 3.8) is 0 Å². The van der Waals surface area contributed by atoms with Crippen molar-refractivity contribution in [2.75, 3.05) is 13.1 Å². The predicted molar refractivity (Wildman–Crippen MR) is 117 cm³/mol. The number of likely N-dealkylation sites (tertiary alicyclic amines) is 1. The molecule has 0 saturated carbocycles. The first-order valence-electron chi connectivity index (χ1n) is 10.6. The Morgan fingerprint density at radius 1 is 1.17 bits per heavy atom. The van der Waals surface area contributed by atoms with Crippen molar-refractivity contribution in [1.82, 2.24) is 19.0 Å². The van der Waals surface area contributed by atoms with Crippen molar-refractivity contribution in [1.29, 1.82) is 0 Å². The Morgan fingerprint density at radius 3 is 2.73 bits per heavy atom. The number of rotatable bonds is 4. The molecule has 2 atom stereocenters. The van der Waals surface area contributed by atoms with E-state index in [-0.39, 0.29) is 17.4 Å². The fraction of sp³-hybridized carbons (Fsp3) is 0.435. The van der Waals surface area contributed by atoms with Gasteiger partial charge in [0.05, 0.1) is 0 Å². The van der Waals surface area contributed by atoms with E-state index in [0.717, 1.165) is 28.5 Å². The number of piperidine rings is 1. The zero-order valence-corrected chi connectivity index (χ0v) is 18.1. The lowest BCUT2D eigenvalue weighted by molar-refractivity contribution is 0.0588. The molecule has 1 saturated heterocycles. The third-order valence-corrected chi connectivity index (χ3v) is 7.17. The van der Waals surface area contributed by atoms with E-state index in [1.54, 1.807) is 17.4 Å². The van der Waals surface area contributed by atoms with E-state index in [1.807, 2.05) is 50.7 Å². The quantitative estimate of drug-likeness (QED) is 0.646. The summed E-state index contributed by atoms with van der Waals surface area (Å²) in [5, 5.41) is 0.841. The standard InChI is InChI=1S/C23H26N4O2S/c1-15(2)10-19-21(24-23(30-19)25-8-3-4-9-25)22(29)26-12-16-11-17(14-26)18-6-5-7-20(28)27(18)13-16/h3-9,15-17H,10-14H2,1-2H3/t16-,17+/m0/s1. The molecule has 5 rings (SSSR count). The monoisotopic (exact) mass is 422 g/mol. The third kappa shape index (κ3) is 3.41. The molecule has 2 aliphatic rings. The van der Waals surface area contributed by atoms with Gasteiger partial charge in [0.1, 0.15) is 5.69 Å². The van der Waals surface area contributed by atoms with Gasteiger partial charge in [0.2, 0.25) is 0 Å². The second-order valence-corrected chi connectivity index (χ2v) is 9.93. The van der Waals surface area contributed by atoms with Gasteiger partial charge < -0.3 is 14.0 Å². The lowest BCUT2D eigenvalue weighted by Crippen LogP contribution is -2.49. The summed E-state index contributed by atoms with van der Waals surface area (Å²) in [5.41, 5.74) is 1.73. The van der Waals surface area contributed by atoms with E-state index >= 15 is 0 Å². The molecule has 0 unspecified atom stereocenters. The highest BCUT2D eigenvalue weighted by atomic mass is 32.1. The van der Waals surface area contributed by atoms with Gasteiger partial charge in [-0.15, -0.1) is 11.3 Å². The predicted octanol–water partition coefficient (Wildman–Crippen LogP) is 3.55. The Morgan fingerprint density at radius 2 is 1.97 bits per heavy atom. The number of amides is 1. The fourth-order valence-corrected chi connectivity index (χ4v) is 6.03. The van der Waals surface area contributed by atoms with Gasteiger partial charge in [0, 0.05) is 54.6 Å². The average molecular weight is 423 g/mol. The number of thiazole rings is 1. The molecule has 2 bridgehead atoms. The number of aromatic nitrogens is 3. The number of nitrogens with zero attached hydrogens (tertiary/aromatic N) is 4. The van der Waals surface area contributed by atoms with Gasteiger partial charge in [-0.2, -0.15) is 0 Å². The summed E-state index contributed by atoms with van der Waals surface area (Å²) < 4.78 is 3.87. The van der Waals surface area contributed by atoms with Crippen LogP contribution < -0.4 is 5.56 Å². The van der Waals surface area contributed by atoms with Gasteiger partial charge in [-0.05, 0) is 42.9 Å². The first-order valence-corrected chi connectivity index (χ1v) is 11.4. The SMILES string of the molecule is CC(C)Cc1sc(-n2cccc2)nc1C(=O)N1C[C@@H]2C[C@H](C1)c1cccc(=O)n1C2. The number of hydrogen-bond acceptors (Lipinski definition) is 4. The van der Waals surface area contributed by atoms with E-state index in [9.17, 15) is 9.59 Å². The van der Waals surface area contributed by atoms with Crippen molar-refractivity contribution in [2.24, 2.45) is 11.8 Å². The molecule has 3 aromatic heterocycles. The van der Waals surface area contributed by atoms with E-state index in [0.29, 0.717) is 37.2 Å². The summed E-state index contributed by atoms with van der Waals surface area (Å²) in [7, 11) is 0. The van der Waals surface area contributed by atoms with Gasteiger partial charge >= 0.3 is 0 Å². The largest absolute Gasteiger partial charge is 0.336 e. The topological polar surface area (TPSA) is 60.1 Å². The van der Waals surface area contributed by atoms with Crippen molar-refractivity contribution in [2.45, 2.75) is 39.2 Å². The van der Waals surface area contributed by atoms with Gasteiger partial charge in [-0.25, -0.2) is 4.98 Å². The second-order valence-electron chi connectivity index (χ2n) is 8.86. The van der Waals surface area contributed by atoms with Crippen LogP contribution in [0.2, 0.25) is 0 Å². The van der Waals surface area contributed by atoms with Gasteiger partial charge in [0.25, 0.3) is 11.5 Å². The molecule has 0 radical (unpaired) electrons. The molecule has 0 spiro atoms. The molecule has 0 aliphatic carbocycles. The van der Waals surface area contributed by atoms with Crippen LogP contribution in [0.15, 0.2) is 47.5 Å². The molecule has 1 fully saturated rings. The van der Waals surface area contributed by atoms with Crippen LogP contribution in [0, 0.1) is 11.8 Å². The van der Waals surface area contributed by atoms with Crippen LogP contribution in [-0.2, 0) is 13.0 Å². The molecular weight excluding hydrogens is 396 g/mol. The number of carbonyl (C=O) groups is 1. The molecule has 7 heteroatoms. The Balaban J connectivity index is 1.46. The van der Waals surface area contributed by atoms with Crippen LogP contribution >= 0.6 is 11.3 Å². The fourth-order valence-electron chi connectivity index (χ4n) is 4.80. The van der Waals surface area contributed by atoms with Crippen LogP contribution in [0.25, 0.3) is 5.13 Å². The molecule has 5 heterocycles. The van der Waals surface area contributed by atoms with Crippen LogP contribution in [0.3, 0.4) is 0 Å². The summed E-state index contributed by atoms with van der Waals surface area (Å²) >= 11 is 1.61. The van der Waals surface area contributed by atoms with Gasteiger partial charge in [0.15, 0.2) is 5.13 Å². The van der Waals surface area contributed by atoms with Crippen LogP contribution in [0.5, 0.6) is 0 Å². The molecule has 1 amide bonds. The van der Waals surface area contributed by atoms with Crippen molar-refractivity contribution >= 4 is 17.2 Å². The molecule has 0 N–H and O–H groups in total. The highest BCUT2D eigenvalue weighted by molar-refractivity contribution is 7.14. The van der Waals surface area contributed by atoms with Gasteiger partial charge in [-0.3, -0.25) is 9.59 Å². The second kappa shape index (κ2) is 7.54. The average Bonchev–Trinajstić information content (AvgIpc) is 3.38. The normalized spacial score (nSPS) is 20.4. The zero-order valence-electron chi connectivity index (χ0n) is 17.3. The molecule has 3 aromatic rings. The highest BCUT2D eigenvalue weighted by Gasteiger charge is 2.37. The Bertz CT molecular complexity index is 1130. The van der Waals surface area contributed by atoms with Crippen LogP contribution in [0.4, 0.5) is 0 Å². The van der Waals surface area contributed by atoms with Crippen LogP contribution in [0.1, 0.15) is 47.2 Å². The Labute approximate surface area is 179 Å². The van der Waals surface area contributed by atoms with Crippen molar-refractivity contribution in [3.05, 3.63) is 69.3 Å². The first-order chi connectivity index (χ1) is 14.5. The molecule has 30 heavy (non-hydrogen) atoms. The minimum absolute atomic E-state index is 0.0294. The maximum absolute atomic E-state index is 13.6. The minimum atomic E-state index is 0.0294. The van der Waals surface area contributed by atoms with E-state index in [4.69, 9.17) is 4.98 Å². The molecule has 6 nitrogen and oxygen atoms in total. The van der Waals surface area contributed by atoms with E-state index in [1.165, 1.54) is 0 Å². The summed E-state index contributed by atoms with van der Waals surface area (Å²) in [6.07, 6.45) is 5.81. The Kier molecular flexibility index (Phi) is 4.85. The highest BCUT2D eigenvalue weighted by Crippen LogP contribution is 2.36. The minimum Gasteiger partial charge on any atom is -0.336 e. The molecular formula is C23H26N4O2S. The molecule has 0 aromatic carbocycles. The van der Waals surface area contributed by atoms with Gasteiger partial charge in [-0.1, -0.05) is 19.9 Å². The summed E-state index contributed by atoms with van der Waals surface area (Å²) in [4.78, 5) is 33.7. The number of carbonyl (C=O) groups excluding carboxylic acids is 1. The number of hydrogen-bond donors (Lipinski definition) is 0. The smallest absolute Gasteiger partial charge is 0.273 e. The molecule has 156 valence electrons. The maximum Gasteiger partial charge on any atom is 0.273 e. The summed E-state index contributed by atoms with van der Waals surface area (Å²) in [6.45, 7) is 6.37. The molecule has 2 aliphatic heterocycles. The first kappa shape index (κ1) is 19.3. The lowest BCUT2D eigenvalue weighted by Gasteiger charge is -2.42. The van der Waals surface area contributed by atoms with Crippen molar-refractivity contribution < 1.29 is 4.79 Å². The number of pyridine rings is 1. The summed E-state index contributed by atoms with van der Waals surface area (Å²) in [6, 6.07) is 9.43. The van der Waals surface area contributed by atoms with E-state index in [2.05, 4.69) is 13.8 Å². The maximum atomic E-state index is 13.6. The lowest BCUT2D eigenvalue weighted by atomic mass is 9.83. The van der Waals surface area contributed by atoms with E-state index < -0.39 is 0 Å². The summed E-state index contributed by atoms with van der Waals surface area (Å²) in [5.74, 6) is 1.01. The Hall–Kier alpha value is -2.67. The number of fused-ring (bicyclic) bond motifs is 4.